The summed E-state index contributed by atoms with van der Waals surface area (Å²) < 4.78 is 5.76. The van der Waals surface area contributed by atoms with Gasteiger partial charge in [-0.25, -0.2) is 0 Å². The third-order valence-electron chi connectivity index (χ3n) is 10.4. The summed E-state index contributed by atoms with van der Waals surface area (Å²) in [7, 11) is 0. The topological polar surface area (TPSA) is 26.3 Å². The van der Waals surface area contributed by atoms with Gasteiger partial charge in [0.25, 0.3) is 0 Å². The molecule has 3 saturated carbocycles. The first kappa shape index (κ1) is 24.1. The fourth-order valence-electron chi connectivity index (χ4n) is 8.60. The maximum absolute atomic E-state index is 11.8. The number of carbonyl (C=O) groups excluding carboxylic acids is 1. The van der Waals surface area contributed by atoms with Gasteiger partial charge >= 0.3 is 5.97 Å². The lowest BCUT2D eigenvalue weighted by atomic mass is 9.47. The van der Waals surface area contributed by atoms with Crippen molar-refractivity contribution >= 4 is 5.97 Å². The molecule has 0 aliphatic heterocycles. The molecule has 0 N–H and O–H groups in total. The van der Waals surface area contributed by atoms with Gasteiger partial charge in [-0.3, -0.25) is 4.79 Å². The smallest absolute Gasteiger partial charge is 0.305 e. The van der Waals surface area contributed by atoms with E-state index in [1.54, 1.807) is 5.57 Å². The van der Waals surface area contributed by atoms with E-state index < -0.39 is 0 Å². The molecule has 0 spiro atoms. The van der Waals surface area contributed by atoms with Crippen LogP contribution in [0.3, 0.4) is 0 Å². The molecule has 180 valence electrons. The average molecular weight is 441 g/mol. The monoisotopic (exact) mass is 440 g/mol. The van der Waals surface area contributed by atoms with Gasteiger partial charge in [0.05, 0.1) is 0 Å². The van der Waals surface area contributed by atoms with Crippen molar-refractivity contribution in [2.45, 2.75) is 112 Å². The summed E-state index contributed by atoms with van der Waals surface area (Å²) in [5.41, 5.74) is 2.46. The zero-order chi connectivity index (χ0) is 23.1. The molecule has 2 heteroatoms. The van der Waals surface area contributed by atoms with Crippen LogP contribution in [0.25, 0.3) is 0 Å². The van der Waals surface area contributed by atoms with Crippen molar-refractivity contribution in [1.29, 1.82) is 0 Å². The molecule has 0 bridgehead atoms. The molecule has 0 aromatic heterocycles. The Balaban J connectivity index is 1.48. The Labute approximate surface area is 197 Å². The number of allylic oxidation sites excluding steroid dienone is 3. The lowest BCUT2D eigenvalue weighted by Gasteiger charge is -2.58. The Kier molecular flexibility index (Phi) is 7.00. The van der Waals surface area contributed by atoms with E-state index in [1.165, 1.54) is 44.9 Å². The van der Waals surface area contributed by atoms with E-state index in [9.17, 15) is 4.79 Å². The van der Waals surface area contributed by atoms with Crippen molar-refractivity contribution in [3.63, 3.8) is 0 Å². The van der Waals surface area contributed by atoms with Crippen LogP contribution in [-0.4, -0.2) is 12.1 Å². The Morgan fingerprint density at radius 2 is 1.91 bits per heavy atom. The highest BCUT2D eigenvalue weighted by molar-refractivity contribution is 5.69. The molecule has 0 saturated heterocycles. The quantitative estimate of drug-likeness (QED) is 0.308. The molecule has 8 atom stereocenters. The van der Waals surface area contributed by atoms with E-state index >= 15 is 0 Å². The molecule has 0 heterocycles. The summed E-state index contributed by atoms with van der Waals surface area (Å²) in [6, 6.07) is 0. The minimum Gasteiger partial charge on any atom is -0.462 e. The predicted molar refractivity (Wildman–Crippen MR) is 133 cm³/mol. The molecule has 0 aromatic rings. The molecule has 0 unspecified atom stereocenters. The van der Waals surface area contributed by atoms with Crippen LogP contribution in [0.4, 0.5) is 0 Å². The first-order chi connectivity index (χ1) is 15.2. The van der Waals surface area contributed by atoms with E-state index in [4.69, 9.17) is 4.74 Å². The standard InChI is InChI=1S/C30H48O2/c1-7-28(31)32-23-15-17-29(5)22(19-23)11-12-24-26-14-13-25(21(4)10-8-9-20(2)3)30(26,6)18-16-27(24)29/h8,10-11,20-21,23-27H,7,9,12-19H2,1-6H3/b10-8+/t21-,23+,24+,25-,26+,27+,29+,30-/m1/s1. The van der Waals surface area contributed by atoms with Crippen molar-refractivity contribution in [1.82, 2.24) is 0 Å². The SMILES string of the molecule is CCC(=O)O[C@H]1CC[C@@]2(C)C(=CC[C@H]3[C@@H]4CC[C@H]([C@H](C)/C=C/CC(C)C)[C@@]4(C)CC[C@@H]32)C1. The zero-order valence-electron chi connectivity index (χ0n) is 21.7. The third-order valence-corrected chi connectivity index (χ3v) is 10.4. The molecule has 3 fully saturated rings. The Bertz CT molecular complexity index is 748. The van der Waals surface area contributed by atoms with Crippen molar-refractivity contribution in [3.05, 3.63) is 23.8 Å². The van der Waals surface area contributed by atoms with Crippen molar-refractivity contribution in [2.24, 2.45) is 46.3 Å². The minimum atomic E-state index is -0.0325. The number of carbonyl (C=O) groups is 1. The third kappa shape index (κ3) is 4.25. The van der Waals surface area contributed by atoms with Crippen molar-refractivity contribution in [3.8, 4) is 0 Å². The number of hydrogen-bond donors (Lipinski definition) is 0. The van der Waals surface area contributed by atoms with Gasteiger partial charge in [0.1, 0.15) is 6.10 Å². The second kappa shape index (κ2) is 9.30. The van der Waals surface area contributed by atoms with E-state index in [0.29, 0.717) is 23.2 Å². The Hall–Kier alpha value is -1.05. The number of fused-ring (bicyclic) bond motifs is 5. The van der Waals surface area contributed by atoms with Crippen molar-refractivity contribution < 1.29 is 9.53 Å². The number of esters is 1. The largest absolute Gasteiger partial charge is 0.462 e. The lowest BCUT2D eigenvalue weighted by Crippen LogP contribution is -2.51. The Morgan fingerprint density at radius 3 is 2.62 bits per heavy atom. The molecule has 0 amide bonds. The van der Waals surface area contributed by atoms with Gasteiger partial charge in [0, 0.05) is 12.8 Å². The highest BCUT2D eigenvalue weighted by Gasteiger charge is 2.59. The van der Waals surface area contributed by atoms with E-state index in [2.05, 4.69) is 52.8 Å². The first-order valence-electron chi connectivity index (χ1n) is 13.7. The van der Waals surface area contributed by atoms with Crippen LogP contribution >= 0.6 is 0 Å². The normalized spacial score (nSPS) is 42.2. The lowest BCUT2D eigenvalue weighted by molar-refractivity contribution is -0.151. The highest BCUT2D eigenvalue weighted by Crippen LogP contribution is 2.67. The molecule has 0 radical (unpaired) electrons. The van der Waals surface area contributed by atoms with E-state index in [-0.39, 0.29) is 12.1 Å². The van der Waals surface area contributed by atoms with E-state index in [1.807, 2.05) is 6.92 Å². The van der Waals surface area contributed by atoms with Gasteiger partial charge in [-0.15, -0.1) is 0 Å². The predicted octanol–water partition coefficient (Wildman–Crippen LogP) is 8.13. The maximum Gasteiger partial charge on any atom is 0.305 e. The number of rotatable bonds is 6. The summed E-state index contributed by atoms with van der Waals surface area (Å²) in [6.07, 6.45) is 19.5. The summed E-state index contributed by atoms with van der Waals surface area (Å²) >= 11 is 0. The zero-order valence-corrected chi connectivity index (χ0v) is 21.7. The van der Waals surface area contributed by atoms with Gasteiger partial charge in [-0.05, 0) is 97.7 Å². The van der Waals surface area contributed by atoms with Crippen LogP contribution in [-0.2, 0) is 9.53 Å². The Morgan fingerprint density at radius 1 is 1.12 bits per heavy atom. The van der Waals surface area contributed by atoms with Crippen LogP contribution in [0.2, 0.25) is 0 Å². The van der Waals surface area contributed by atoms with Crippen molar-refractivity contribution in [2.75, 3.05) is 0 Å². The van der Waals surface area contributed by atoms with Gasteiger partial charge in [0.2, 0.25) is 0 Å². The van der Waals surface area contributed by atoms with Gasteiger partial charge < -0.3 is 4.74 Å². The summed E-state index contributed by atoms with van der Waals surface area (Å²) in [4.78, 5) is 11.8. The molecular weight excluding hydrogens is 392 g/mol. The van der Waals surface area contributed by atoms with Gasteiger partial charge in [0.15, 0.2) is 0 Å². The summed E-state index contributed by atoms with van der Waals surface area (Å²) in [5, 5.41) is 0. The van der Waals surface area contributed by atoms with Gasteiger partial charge in [-0.1, -0.05) is 65.3 Å². The maximum atomic E-state index is 11.8. The molecule has 4 rings (SSSR count). The molecule has 0 aromatic carbocycles. The summed E-state index contributed by atoms with van der Waals surface area (Å²) in [6.45, 7) is 14.2. The van der Waals surface area contributed by atoms with Crippen LogP contribution in [0.15, 0.2) is 23.8 Å². The van der Waals surface area contributed by atoms with Crippen LogP contribution in [0, 0.1) is 46.3 Å². The number of hydrogen-bond acceptors (Lipinski definition) is 2. The first-order valence-corrected chi connectivity index (χ1v) is 13.7. The average Bonchev–Trinajstić information content (AvgIpc) is 3.11. The second-order valence-electron chi connectivity index (χ2n) is 12.6. The van der Waals surface area contributed by atoms with Crippen LogP contribution in [0.1, 0.15) is 106 Å². The molecular formula is C30H48O2. The second-order valence-corrected chi connectivity index (χ2v) is 12.6. The highest BCUT2D eigenvalue weighted by atomic mass is 16.5. The number of ether oxygens (including phenoxy) is 1. The van der Waals surface area contributed by atoms with E-state index in [0.717, 1.165) is 42.4 Å². The van der Waals surface area contributed by atoms with Crippen LogP contribution < -0.4 is 0 Å². The van der Waals surface area contributed by atoms with Gasteiger partial charge in [-0.2, -0.15) is 0 Å². The fourth-order valence-corrected chi connectivity index (χ4v) is 8.60. The molecule has 4 aliphatic carbocycles. The molecule has 4 aliphatic rings. The minimum absolute atomic E-state index is 0.0325. The summed E-state index contributed by atoms with van der Waals surface area (Å²) in [5.74, 6) is 4.84. The molecule has 2 nitrogen and oxygen atoms in total. The van der Waals surface area contributed by atoms with Crippen LogP contribution in [0.5, 0.6) is 0 Å². The fraction of sp³-hybridized carbons (Fsp3) is 0.833. The molecule has 32 heavy (non-hydrogen) atoms.